The predicted octanol–water partition coefficient (Wildman–Crippen LogP) is 6.39. The van der Waals surface area contributed by atoms with E-state index in [1.807, 2.05) is 16.7 Å². The number of carboxylic acids is 1. The molecule has 0 spiro atoms. The van der Waals surface area contributed by atoms with Gasteiger partial charge in [0.2, 0.25) is 11.6 Å². The number of carbonyl (C=O) groups is 2. The van der Waals surface area contributed by atoms with Crippen LogP contribution in [0.3, 0.4) is 0 Å². The maximum absolute atomic E-state index is 15.1. The number of nitrogens with zero attached hydrogens (tertiary/aromatic N) is 2. The standard InChI is InChI=1S/C31H35F5N2O3/c1-3-37-18-26-30(17-19-5-4-6-23(32)15-19,24-12-11-22(16-25(24)37)29(2,33)31(34,35)36)13-14-38(26)27(39)20-7-9-21(10-8-20)28(40)41/h4-6,11-12,15-16,20-21,26H,3,7-10,13-14,17-18H2,1-2H3,(H,40,41)/t20-,21-,26?,29?,30?. The summed E-state index contributed by atoms with van der Waals surface area (Å²) in [6.45, 7) is 3.58. The van der Waals surface area contributed by atoms with Crippen LogP contribution in [0.1, 0.15) is 62.6 Å². The highest BCUT2D eigenvalue weighted by molar-refractivity contribution is 5.81. The van der Waals surface area contributed by atoms with Gasteiger partial charge >= 0.3 is 12.1 Å². The van der Waals surface area contributed by atoms with E-state index in [-0.39, 0.29) is 17.9 Å². The number of halogens is 5. The SMILES string of the molecule is CCN1CC2N(C(=O)[C@H]3CC[C@H](C(=O)O)CC3)CCC2(Cc2cccc(F)c2)c2ccc(C(C)(F)C(F)(F)F)cc21. The van der Waals surface area contributed by atoms with Crippen molar-refractivity contribution in [2.45, 2.75) is 75.7 Å². The number of aliphatic carboxylic acids is 1. The van der Waals surface area contributed by atoms with Crippen molar-refractivity contribution in [2.75, 3.05) is 24.5 Å². The van der Waals surface area contributed by atoms with Crippen LogP contribution in [-0.4, -0.2) is 53.7 Å². The average Bonchev–Trinajstić information content (AvgIpc) is 3.30. The second-order valence-electron chi connectivity index (χ2n) is 11.9. The van der Waals surface area contributed by atoms with Gasteiger partial charge < -0.3 is 14.9 Å². The summed E-state index contributed by atoms with van der Waals surface area (Å²) in [5, 5.41) is 9.37. The molecule has 0 bridgehead atoms. The Morgan fingerprint density at radius 1 is 1.02 bits per heavy atom. The molecule has 3 atom stereocenters. The molecule has 1 aliphatic carbocycles. The summed E-state index contributed by atoms with van der Waals surface area (Å²) in [4.78, 5) is 29.1. The summed E-state index contributed by atoms with van der Waals surface area (Å²) in [6.07, 6.45) is -2.37. The molecule has 3 unspecified atom stereocenters. The minimum absolute atomic E-state index is 0.0375. The maximum Gasteiger partial charge on any atom is 0.426 e. The van der Waals surface area contributed by atoms with E-state index in [0.29, 0.717) is 76.3 Å². The molecule has 1 N–H and O–H groups in total. The van der Waals surface area contributed by atoms with Crippen molar-refractivity contribution in [3.8, 4) is 0 Å². The van der Waals surface area contributed by atoms with Crippen LogP contribution in [0.25, 0.3) is 0 Å². The first-order valence-electron chi connectivity index (χ1n) is 14.2. The first-order valence-corrected chi connectivity index (χ1v) is 14.2. The monoisotopic (exact) mass is 578 g/mol. The zero-order valence-corrected chi connectivity index (χ0v) is 23.2. The molecule has 10 heteroatoms. The Bertz CT molecular complexity index is 1320. The number of carboxylic acid groups (broad SMARTS) is 1. The number of amides is 1. The van der Waals surface area contributed by atoms with Gasteiger partial charge in [-0.05, 0) is 81.7 Å². The van der Waals surface area contributed by atoms with Gasteiger partial charge in [0.1, 0.15) is 5.82 Å². The molecule has 2 fully saturated rings. The molecule has 1 amide bonds. The predicted molar refractivity (Wildman–Crippen MR) is 144 cm³/mol. The van der Waals surface area contributed by atoms with E-state index in [1.54, 1.807) is 18.2 Å². The molecule has 41 heavy (non-hydrogen) atoms. The number of likely N-dealkylation sites (N-methyl/N-ethyl adjacent to an activating group) is 1. The van der Waals surface area contributed by atoms with Gasteiger partial charge in [-0.15, -0.1) is 0 Å². The molecule has 2 aliphatic heterocycles. The van der Waals surface area contributed by atoms with Crippen molar-refractivity contribution < 1.29 is 36.6 Å². The Kier molecular flexibility index (Phi) is 7.57. The second kappa shape index (κ2) is 10.6. The maximum atomic E-state index is 15.1. The number of carbonyl (C=O) groups excluding carboxylic acids is 1. The van der Waals surface area contributed by atoms with Gasteiger partial charge in [0, 0.05) is 42.2 Å². The van der Waals surface area contributed by atoms with E-state index in [9.17, 15) is 32.3 Å². The Morgan fingerprint density at radius 3 is 2.32 bits per heavy atom. The summed E-state index contributed by atoms with van der Waals surface area (Å²) in [5.41, 5.74) is -2.81. The van der Waals surface area contributed by atoms with Gasteiger partial charge in [0.05, 0.1) is 12.0 Å². The Balaban J connectivity index is 1.56. The number of fused-ring (bicyclic) bond motifs is 3. The van der Waals surface area contributed by atoms with Gasteiger partial charge in [-0.2, -0.15) is 13.2 Å². The van der Waals surface area contributed by atoms with E-state index < -0.39 is 40.5 Å². The molecule has 2 aromatic rings. The number of alkyl halides is 4. The Morgan fingerprint density at radius 2 is 1.71 bits per heavy atom. The van der Waals surface area contributed by atoms with Crippen molar-refractivity contribution in [3.63, 3.8) is 0 Å². The summed E-state index contributed by atoms with van der Waals surface area (Å²) >= 11 is 0. The third-order valence-corrected chi connectivity index (χ3v) is 9.65. The number of anilines is 1. The van der Waals surface area contributed by atoms with Crippen LogP contribution in [-0.2, 0) is 27.1 Å². The van der Waals surface area contributed by atoms with Crippen molar-refractivity contribution >= 4 is 17.6 Å². The molecule has 0 aromatic heterocycles. The van der Waals surface area contributed by atoms with Gasteiger partial charge in [0.25, 0.3) is 0 Å². The zero-order chi connectivity index (χ0) is 29.7. The lowest BCUT2D eigenvalue weighted by Gasteiger charge is -2.49. The largest absolute Gasteiger partial charge is 0.481 e. The Hall–Kier alpha value is -3.17. The highest BCUT2D eigenvalue weighted by Crippen LogP contribution is 2.52. The number of hydrogen-bond acceptors (Lipinski definition) is 3. The van der Waals surface area contributed by atoms with Crippen molar-refractivity contribution in [1.82, 2.24) is 4.90 Å². The molecule has 3 aliphatic rings. The molecule has 2 heterocycles. The molecule has 2 aromatic carbocycles. The molecule has 0 radical (unpaired) electrons. The van der Waals surface area contributed by atoms with E-state index in [4.69, 9.17) is 0 Å². The normalized spacial score (nSPS) is 27.6. The van der Waals surface area contributed by atoms with Gasteiger partial charge in [0.15, 0.2) is 0 Å². The molecule has 5 rings (SSSR count). The van der Waals surface area contributed by atoms with Crippen LogP contribution in [0.2, 0.25) is 0 Å². The number of rotatable bonds is 6. The minimum atomic E-state index is -5.09. The van der Waals surface area contributed by atoms with Crippen LogP contribution >= 0.6 is 0 Å². The highest BCUT2D eigenvalue weighted by atomic mass is 19.4. The quantitative estimate of drug-likeness (QED) is 0.404. The number of benzene rings is 2. The number of hydrogen-bond donors (Lipinski definition) is 1. The van der Waals surface area contributed by atoms with Gasteiger partial charge in [-0.25, -0.2) is 8.78 Å². The van der Waals surface area contributed by atoms with Crippen LogP contribution in [0.5, 0.6) is 0 Å². The van der Waals surface area contributed by atoms with Crippen LogP contribution in [0.15, 0.2) is 42.5 Å². The summed E-state index contributed by atoms with van der Waals surface area (Å²) in [5.74, 6) is -2.04. The topological polar surface area (TPSA) is 60.9 Å². The van der Waals surface area contributed by atoms with E-state index in [2.05, 4.69) is 0 Å². The summed E-state index contributed by atoms with van der Waals surface area (Å²) < 4.78 is 70.2. The fourth-order valence-corrected chi connectivity index (χ4v) is 7.20. The van der Waals surface area contributed by atoms with Crippen molar-refractivity contribution in [3.05, 3.63) is 65.0 Å². The van der Waals surface area contributed by atoms with Crippen LogP contribution in [0, 0.1) is 17.7 Å². The Labute approximate surface area is 236 Å². The van der Waals surface area contributed by atoms with E-state index in [0.717, 1.165) is 5.56 Å². The lowest BCUT2D eigenvalue weighted by Crippen LogP contribution is -2.57. The fourth-order valence-electron chi connectivity index (χ4n) is 7.20. The lowest BCUT2D eigenvalue weighted by molar-refractivity contribution is -0.228. The first-order chi connectivity index (χ1) is 19.3. The summed E-state index contributed by atoms with van der Waals surface area (Å²) in [6, 6.07) is 9.89. The smallest absolute Gasteiger partial charge is 0.426 e. The van der Waals surface area contributed by atoms with Crippen LogP contribution < -0.4 is 4.90 Å². The van der Waals surface area contributed by atoms with Gasteiger partial charge in [-0.1, -0.05) is 24.3 Å². The third kappa shape index (κ3) is 5.07. The third-order valence-electron chi connectivity index (χ3n) is 9.65. The minimum Gasteiger partial charge on any atom is -0.481 e. The molecule has 5 nitrogen and oxygen atoms in total. The average molecular weight is 579 g/mol. The lowest BCUT2D eigenvalue weighted by atomic mass is 9.66. The van der Waals surface area contributed by atoms with Crippen LogP contribution in [0.4, 0.5) is 27.6 Å². The van der Waals surface area contributed by atoms with Crippen molar-refractivity contribution in [1.29, 1.82) is 0 Å². The highest BCUT2D eigenvalue weighted by Gasteiger charge is 2.57. The zero-order valence-electron chi connectivity index (χ0n) is 23.2. The number of likely N-dealkylation sites (tertiary alicyclic amines) is 1. The van der Waals surface area contributed by atoms with E-state index >= 15 is 4.39 Å². The molecule has 1 saturated heterocycles. The van der Waals surface area contributed by atoms with E-state index in [1.165, 1.54) is 24.3 Å². The van der Waals surface area contributed by atoms with Crippen molar-refractivity contribution in [2.24, 2.45) is 11.8 Å². The first kappa shape index (κ1) is 29.3. The molecule has 222 valence electrons. The fraction of sp³-hybridized carbons (Fsp3) is 0.548. The molecular formula is C31H35F5N2O3. The summed E-state index contributed by atoms with van der Waals surface area (Å²) in [7, 11) is 0. The van der Waals surface area contributed by atoms with Gasteiger partial charge in [-0.3, -0.25) is 9.59 Å². The molecular weight excluding hydrogens is 543 g/mol. The molecule has 1 saturated carbocycles. The second-order valence-corrected chi connectivity index (χ2v) is 11.9.